The SMILES string of the molecule is Cc1ccccc1-c1ccc2ccc3c(-c4ccccc4C)cc(-c4ncc(-c5ccccc5)o4)c4ccc1c2c43. The number of hydrogen-bond donors (Lipinski definition) is 0. The molecule has 0 bridgehead atoms. The van der Waals surface area contributed by atoms with Gasteiger partial charge in [-0.3, -0.25) is 0 Å². The molecule has 2 nitrogen and oxygen atoms in total. The third-order valence-corrected chi connectivity index (χ3v) is 8.45. The van der Waals surface area contributed by atoms with Crippen LogP contribution in [0.2, 0.25) is 0 Å². The first-order valence-electron chi connectivity index (χ1n) is 14.1. The average molecular weight is 526 g/mol. The highest BCUT2D eigenvalue weighted by Gasteiger charge is 2.21. The van der Waals surface area contributed by atoms with Gasteiger partial charge in [0.2, 0.25) is 5.89 Å². The summed E-state index contributed by atoms with van der Waals surface area (Å²) in [6.07, 6.45) is 1.84. The van der Waals surface area contributed by atoms with E-state index in [4.69, 9.17) is 9.40 Å². The Morgan fingerprint density at radius 3 is 1.80 bits per heavy atom. The van der Waals surface area contributed by atoms with E-state index in [9.17, 15) is 0 Å². The second-order valence-corrected chi connectivity index (χ2v) is 10.9. The number of benzene rings is 7. The summed E-state index contributed by atoms with van der Waals surface area (Å²) in [5, 5.41) is 7.44. The second-order valence-electron chi connectivity index (χ2n) is 10.9. The second kappa shape index (κ2) is 9.18. The van der Waals surface area contributed by atoms with Crippen molar-refractivity contribution in [3.05, 3.63) is 139 Å². The first-order valence-corrected chi connectivity index (χ1v) is 14.1. The van der Waals surface area contributed by atoms with Crippen LogP contribution in [0.1, 0.15) is 11.1 Å². The topological polar surface area (TPSA) is 26.0 Å². The summed E-state index contributed by atoms with van der Waals surface area (Å²) in [4.78, 5) is 4.81. The van der Waals surface area contributed by atoms with Gasteiger partial charge in [0, 0.05) is 11.1 Å². The zero-order valence-electron chi connectivity index (χ0n) is 23.0. The molecule has 8 rings (SSSR count). The van der Waals surface area contributed by atoms with Crippen molar-refractivity contribution in [2.24, 2.45) is 0 Å². The van der Waals surface area contributed by atoms with E-state index in [0.29, 0.717) is 5.89 Å². The van der Waals surface area contributed by atoms with E-state index in [-0.39, 0.29) is 0 Å². The molecule has 0 aliphatic heterocycles. The first kappa shape index (κ1) is 23.7. The largest absolute Gasteiger partial charge is 0.436 e. The van der Waals surface area contributed by atoms with E-state index in [0.717, 1.165) is 22.3 Å². The molecule has 0 spiro atoms. The lowest BCUT2D eigenvalue weighted by Gasteiger charge is -2.19. The molecule has 0 amide bonds. The summed E-state index contributed by atoms with van der Waals surface area (Å²) in [5.41, 5.74) is 9.49. The highest BCUT2D eigenvalue weighted by atomic mass is 16.4. The molecule has 0 saturated carbocycles. The maximum atomic E-state index is 6.46. The Hall–Kier alpha value is -5.21. The van der Waals surface area contributed by atoms with Crippen LogP contribution in [0.3, 0.4) is 0 Å². The number of rotatable bonds is 4. The summed E-state index contributed by atoms with van der Waals surface area (Å²) < 4.78 is 6.46. The van der Waals surface area contributed by atoms with Crippen LogP contribution in [0.25, 0.3) is 77.3 Å². The molecule has 0 N–H and O–H groups in total. The summed E-state index contributed by atoms with van der Waals surface area (Å²) >= 11 is 0. The van der Waals surface area contributed by atoms with Gasteiger partial charge in [0.15, 0.2) is 5.76 Å². The number of nitrogens with zero attached hydrogens (tertiary/aromatic N) is 1. The Morgan fingerprint density at radius 2 is 1.07 bits per heavy atom. The van der Waals surface area contributed by atoms with Crippen LogP contribution >= 0.6 is 0 Å². The van der Waals surface area contributed by atoms with Crippen LogP contribution in [-0.4, -0.2) is 4.98 Å². The summed E-state index contributed by atoms with van der Waals surface area (Å²) in [6.45, 7) is 4.37. The van der Waals surface area contributed by atoms with Crippen molar-refractivity contribution in [1.29, 1.82) is 0 Å². The number of oxazole rings is 1. The maximum absolute atomic E-state index is 6.46. The van der Waals surface area contributed by atoms with Crippen molar-refractivity contribution in [3.8, 4) is 45.0 Å². The number of hydrogen-bond acceptors (Lipinski definition) is 2. The molecule has 2 heteroatoms. The molecular formula is C39H27NO. The Bertz CT molecular complexity index is 2220. The van der Waals surface area contributed by atoms with Crippen molar-refractivity contribution >= 4 is 32.3 Å². The van der Waals surface area contributed by atoms with E-state index < -0.39 is 0 Å². The molecule has 1 heterocycles. The molecule has 0 aliphatic rings. The standard InChI is InChI=1S/C39H27NO/c1-24-10-6-8-14-28(24)30-18-16-27-17-19-32-34(29-15-9-7-11-25(29)2)22-35(33-21-20-31(30)37(27)38(32)33)39-40-23-36(41-39)26-12-4-3-5-13-26/h3-23H,1-2H3. The molecule has 41 heavy (non-hydrogen) atoms. The van der Waals surface area contributed by atoms with Gasteiger partial charge in [-0.05, 0) is 85.6 Å². The van der Waals surface area contributed by atoms with Gasteiger partial charge in [0.25, 0.3) is 0 Å². The Labute approximate surface area is 238 Å². The molecule has 8 aromatic rings. The van der Waals surface area contributed by atoms with Crippen LogP contribution in [0, 0.1) is 13.8 Å². The van der Waals surface area contributed by atoms with Gasteiger partial charge < -0.3 is 4.42 Å². The lowest BCUT2D eigenvalue weighted by atomic mass is 9.84. The maximum Gasteiger partial charge on any atom is 0.227 e. The van der Waals surface area contributed by atoms with Gasteiger partial charge in [-0.15, -0.1) is 0 Å². The summed E-state index contributed by atoms with van der Waals surface area (Å²) in [5.74, 6) is 1.40. The molecule has 0 unspecified atom stereocenters. The third kappa shape index (κ3) is 3.68. The Morgan fingerprint density at radius 1 is 0.488 bits per heavy atom. The number of aromatic nitrogens is 1. The van der Waals surface area contributed by atoms with E-state index in [1.54, 1.807) is 0 Å². The lowest BCUT2D eigenvalue weighted by molar-refractivity contribution is 0.589. The minimum atomic E-state index is 0.635. The minimum Gasteiger partial charge on any atom is -0.436 e. The van der Waals surface area contributed by atoms with Crippen molar-refractivity contribution in [1.82, 2.24) is 4.98 Å². The van der Waals surface area contributed by atoms with Crippen LogP contribution in [0.5, 0.6) is 0 Å². The van der Waals surface area contributed by atoms with E-state index >= 15 is 0 Å². The minimum absolute atomic E-state index is 0.635. The van der Waals surface area contributed by atoms with Gasteiger partial charge >= 0.3 is 0 Å². The highest BCUT2D eigenvalue weighted by molar-refractivity contribution is 6.29. The van der Waals surface area contributed by atoms with Gasteiger partial charge in [-0.2, -0.15) is 0 Å². The van der Waals surface area contributed by atoms with Gasteiger partial charge in [-0.1, -0.05) is 115 Å². The van der Waals surface area contributed by atoms with Crippen molar-refractivity contribution in [3.63, 3.8) is 0 Å². The molecule has 7 aromatic carbocycles. The predicted octanol–water partition coefficient (Wildman–Crippen LogP) is 10.9. The van der Waals surface area contributed by atoms with Crippen LogP contribution in [-0.2, 0) is 0 Å². The summed E-state index contributed by atoms with van der Waals surface area (Å²) in [6, 6.07) is 43.3. The zero-order valence-corrected chi connectivity index (χ0v) is 23.0. The fraction of sp³-hybridized carbons (Fsp3) is 0.0513. The fourth-order valence-corrected chi connectivity index (χ4v) is 6.42. The van der Waals surface area contributed by atoms with Crippen molar-refractivity contribution in [2.75, 3.05) is 0 Å². The van der Waals surface area contributed by atoms with E-state index in [1.165, 1.54) is 60.3 Å². The predicted molar refractivity (Wildman–Crippen MR) is 171 cm³/mol. The van der Waals surface area contributed by atoms with Crippen LogP contribution in [0.4, 0.5) is 0 Å². The molecule has 1 aromatic heterocycles. The molecule has 194 valence electrons. The lowest BCUT2D eigenvalue weighted by Crippen LogP contribution is -1.93. The molecule has 0 saturated heterocycles. The van der Waals surface area contributed by atoms with Crippen molar-refractivity contribution in [2.45, 2.75) is 13.8 Å². The monoisotopic (exact) mass is 525 g/mol. The third-order valence-electron chi connectivity index (χ3n) is 8.45. The normalized spacial score (nSPS) is 11.7. The molecule has 0 aliphatic carbocycles. The number of aryl methyl sites for hydroxylation is 2. The van der Waals surface area contributed by atoms with Gasteiger partial charge in [-0.25, -0.2) is 4.98 Å². The van der Waals surface area contributed by atoms with E-state index in [1.807, 2.05) is 24.4 Å². The summed E-state index contributed by atoms with van der Waals surface area (Å²) in [7, 11) is 0. The average Bonchev–Trinajstić information content (AvgIpc) is 3.51. The Balaban J connectivity index is 1.49. The van der Waals surface area contributed by atoms with Crippen LogP contribution in [0.15, 0.2) is 132 Å². The Kier molecular flexibility index (Phi) is 5.30. The fourth-order valence-electron chi connectivity index (χ4n) is 6.42. The smallest absolute Gasteiger partial charge is 0.227 e. The quantitative estimate of drug-likeness (QED) is 0.214. The molecule has 0 radical (unpaired) electrons. The van der Waals surface area contributed by atoms with Gasteiger partial charge in [0.1, 0.15) is 0 Å². The van der Waals surface area contributed by atoms with Crippen molar-refractivity contribution < 1.29 is 4.42 Å². The van der Waals surface area contributed by atoms with Gasteiger partial charge in [0.05, 0.1) is 6.20 Å². The molecular weight excluding hydrogens is 498 g/mol. The zero-order chi connectivity index (χ0) is 27.5. The van der Waals surface area contributed by atoms with E-state index in [2.05, 4.69) is 117 Å². The molecule has 0 fully saturated rings. The molecule has 0 atom stereocenters. The first-order chi connectivity index (χ1) is 20.2. The van der Waals surface area contributed by atoms with Crippen LogP contribution < -0.4 is 0 Å². The highest BCUT2D eigenvalue weighted by Crippen LogP contribution is 2.46.